The van der Waals surface area contributed by atoms with E-state index in [1.165, 1.54) is 11.9 Å². The van der Waals surface area contributed by atoms with Gasteiger partial charge in [0.05, 0.1) is 129 Å². The fourth-order valence-electron chi connectivity index (χ4n) is 13.9. The molecule has 1 aliphatic heterocycles. The molecule has 2 aliphatic rings. The molecule has 27 nitrogen and oxygen atoms in total. The van der Waals surface area contributed by atoms with E-state index >= 15 is 0 Å². The molecule has 2 aromatic carbocycles. The molecule has 3 aromatic heterocycles. The highest BCUT2D eigenvalue weighted by atomic mass is 16.6. The second-order valence-electron chi connectivity index (χ2n) is 28.9. The van der Waals surface area contributed by atoms with Crippen molar-refractivity contribution in [2.45, 2.75) is 181 Å². The van der Waals surface area contributed by atoms with E-state index in [0.717, 1.165) is 105 Å². The number of aldehydes is 1. The number of amides is 1. The molecule has 0 bridgehead atoms. The van der Waals surface area contributed by atoms with Crippen LogP contribution in [0.3, 0.4) is 0 Å². The van der Waals surface area contributed by atoms with Crippen LogP contribution in [0.4, 0.5) is 11.8 Å². The maximum Gasteiger partial charge on any atom is 0.293 e. The molecule has 0 saturated heterocycles. The van der Waals surface area contributed by atoms with Gasteiger partial charge in [-0.1, -0.05) is 81.8 Å². The molecule has 5 aromatic rings. The van der Waals surface area contributed by atoms with E-state index < -0.39 is 6.10 Å². The number of benzene rings is 2. The van der Waals surface area contributed by atoms with Crippen LogP contribution in [0.15, 0.2) is 94.7 Å². The van der Waals surface area contributed by atoms with Crippen LogP contribution in [-0.4, -0.2) is 228 Å². The zero-order valence-electron chi connectivity index (χ0n) is 66.0. The maximum atomic E-state index is 13.2. The molecular weight excluding hydrogens is 1410 g/mol. The number of methoxy groups -OCH3 is 2. The summed E-state index contributed by atoms with van der Waals surface area (Å²) in [5.74, 6) is 0.629. The summed E-state index contributed by atoms with van der Waals surface area (Å²) in [5.41, 5.74) is 20.5. The molecule has 27 heteroatoms. The summed E-state index contributed by atoms with van der Waals surface area (Å²) in [5, 5.41) is 20.3. The average Bonchev–Trinajstić information content (AvgIpc) is 1.60. The van der Waals surface area contributed by atoms with E-state index in [2.05, 4.69) is 58.4 Å². The van der Waals surface area contributed by atoms with Gasteiger partial charge >= 0.3 is 0 Å². The molecule has 1 aliphatic carbocycles. The smallest absolute Gasteiger partial charge is 0.293 e. The molecule has 7 atom stereocenters. The number of hydrogen-bond donors (Lipinski definition) is 4. The van der Waals surface area contributed by atoms with Crippen molar-refractivity contribution in [2.24, 2.45) is 23.7 Å². The lowest BCUT2D eigenvalue weighted by Gasteiger charge is -2.30. The molecule has 6 N–H and O–H groups in total. The summed E-state index contributed by atoms with van der Waals surface area (Å²) < 4.78 is 69.5. The Morgan fingerprint density at radius 3 is 2.04 bits per heavy atom. The van der Waals surface area contributed by atoms with Gasteiger partial charge in [-0.25, -0.2) is 14.6 Å². The number of aliphatic hydroxyl groups excluding tert-OH is 1. The van der Waals surface area contributed by atoms with Crippen molar-refractivity contribution >= 4 is 64.2 Å². The number of anilines is 2. The molecule has 608 valence electrons. The van der Waals surface area contributed by atoms with Crippen molar-refractivity contribution in [3.63, 3.8) is 0 Å². The van der Waals surface area contributed by atoms with E-state index in [0.29, 0.717) is 196 Å². The van der Waals surface area contributed by atoms with E-state index in [9.17, 15) is 29.1 Å². The van der Waals surface area contributed by atoms with Gasteiger partial charge in [0.1, 0.15) is 41.8 Å². The quantitative estimate of drug-likeness (QED) is 0.00924. The molecule has 0 spiro atoms. The monoisotopic (exact) mass is 1530 g/mol. The first-order valence-corrected chi connectivity index (χ1v) is 39.4. The van der Waals surface area contributed by atoms with E-state index in [-0.39, 0.29) is 79.0 Å². The molecule has 1 fully saturated rings. The van der Waals surface area contributed by atoms with Crippen molar-refractivity contribution in [3.05, 3.63) is 107 Å². The van der Waals surface area contributed by atoms with Crippen LogP contribution < -0.4 is 16.8 Å². The van der Waals surface area contributed by atoms with Crippen molar-refractivity contribution in [3.8, 4) is 11.3 Å². The van der Waals surface area contributed by atoms with Crippen LogP contribution >= 0.6 is 0 Å². The van der Waals surface area contributed by atoms with Crippen molar-refractivity contribution in [1.29, 1.82) is 0 Å². The summed E-state index contributed by atoms with van der Waals surface area (Å²) in [6, 6.07) is 12.4. The van der Waals surface area contributed by atoms with Crippen molar-refractivity contribution in [1.82, 2.24) is 34.9 Å². The lowest BCUT2D eigenvalue weighted by Crippen LogP contribution is -2.38. The Morgan fingerprint density at radius 1 is 0.709 bits per heavy atom. The molecule has 1 saturated carbocycles. The van der Waals surface area contributed by atoms with Gasteiger partial charge < -0.3 is 83.3 Å². The number of carbonyl (C=O) groups excluding carboxylic acids is 5. The molecule has 7 rings (SSSR count). The number of unbranched alkanes of at least 4 members (excludes halogenated alkanes) is 1. The zero-order valence-corrected chi connectivity index (χ0v) is 66.0. The fourth-order valence-corrected chi connectivity index (χ4v) is 13.9. The Hall–Kier alpha value is -7.51. The number of Topliss-reactive ketones (excluding diaryl/α,β-unsaturated/α-hetero) is 2. The molecule has 4 heterocycles. The van der Waals surface area contributed by atoms with Gasteiger partial charge in [-0.2, -0.15) is 10.1 Å². The van der Waals surface area contributed by atoms with Gasteiger partial charge in [-0.3, -0.25) is 24.0 Å². The predicted octanol–water partition coefficient (Wildman–Crippen LogP) is 10.5. The Morgan fingerprint density at radius 2 is 1.38 bits per heavy atom. The minimum atomic E-state index is -0.849. The van der Waals surface area contributed by atoms with Crippen molar-refractivity contribution < 1.29 is 85.6 Å². The largest absolute Gasteiger partial charge is 0.465 e. The Bertz CT molecular complexity index is 3660. The second kappa shape index (κ2) is 51.2. The van der Waals surface area contributed by atoms with Gasteiger partial charge in [0, 0.05) is 70.6 Å². The number of aromatic nitrogens is 5. The lowest BCUT2D eigenvalue weighted by atomic mass is 9.82. The number of allylic oxidation sites excluding steroid dienone is 6. The number of carbonyl (C=O) groups is 5. The van der Waals surface area contributed by atoms with Crippen LogP contribution in [0, 0.1) is 23.7 Å². The standard InChI is InChI=1S/C83H123N9O18/c1-59(13-9-8-10-14-61(3)77(100-7)51-72(99-6)16-12-11-15-70(95)55-93)47-62(4)74(96)52-75(97)63(5)48-60(2)17-26-71(109-58-94)27-21-64-19-24-69(25-20-64)86-30-32-101-33-34-102-35-36-103-37-38-104-39-40-105-41-42-106-43-44-107-45-46-108-56-78(98)91-31-29-66-49-65(18-22-68(66)54-91)53-92-82-79(81(84)87-57-88-82)80(90-92)67-23-28-76-73(50-67)89-83(85)110-76/h8-10,13-14,18,22-23,28,48-50,55,57-60,62,64,69,71-72,75,77,86,97H,11-12,15-17,19-21,24-27,29-47,51-54,56H2,1-7H3,(H2,85,89)(H2,84,87,88)/b10-8+,13-9+,61-14+,63-48+. The topological polar surface area (TPSA) is 344 Å². The molecule has 0 radical (unpaired) electrons. The van der Waals surface area contributed by atoms with Gasteiger partial charge in [0.15, 0.2) is 23.3 Å². The number of rotatable bonds is 59. The molecule has 1 amide bonds. The van der Waals surface area contributed by atoms with Gasteiger partial charge in [-0.05, 0) is 155 Å². The van der Waals surface area contributed by atoms with E-state index in [4.69, 9.17) is 73.1 Å². The first-order chi connectivity index (χ1) is 53.4. The highest BCUT2D eigenvalue weighted by molar-refractivity contribution is 6.24. The van der Waals surface area contributed by atoms with Gasteiger partial charge in [-0.15, -0.1) is 0 Å². The van der Waals surface area contributed by atoms with Crippen molar-refractivity contribution in [2.75, 3.05) is 144 Å². The van der Waals surface area contributed by atoms with Crippen LogP contribution in [0.25, 0.3) is 33.4 Å². The van der Waals surface area contributed by atoms with Crippen LogP contribution in [0.2, 0.25) is 0 Å². The summed E-state index contributed by atoms with van der Waals surface area (Å²) in [4.78, 5) is 74.6. The van der Waals surface area contributed by atoms with Crippen LogP contribution in [0.1, 0.15) is 148 Å². The SMILES string of the molecule is COC(CCCCC(=O)C=O)CC(OC)/C(C)=C/C=C/C=C/C(C)CC(C)C(=O)CC(O)/C(C)=C/C(C)CCC(CCC1CCC(NCCOCCOCCOCCOCCOCCOCCOCCOCC(=O)N2CCc3cc(Cn4nc(-c5ccc6oc(N)nc6c5)c5c(N)ncnc54)ccc3C2)CC1)OC=O. The number of hydrogen-bond acceptors (Lipinski definition) is 25. The van der Waals surface area contributed by atoms with E-state index in [1.807, 2.05) is 72.9 Å². The number of nitrogens with zero attached hydrogens (tertiary/aromatic N) is 6. The van der Waals surface area contributed by atoms with Gasteiger partial charge in [0.25, 0.3) is 12.5 Å². The highest BCUT2D eigenvalue weighted by Gasteiger charge is 2.27. The summed E-state index contributed by atoms with van der Waals surface area (Å²) in [6.45, 7) is 19.7. The number of ether oxygens (including phenoxy) is 11. The minimum Gasteiger partial charge on any atom is -0.465 e. The lowest BCUT2D eigenvalue weighted by molar-refractivity contribution is -0.137. The normalized spacial score (nSPS) is 17.0. The van der Waals surface area contributed by atoms with Crippen LogP contribution in [-0.2, 0) is 95.6 Å². The van der Waals surface area contributed by atoms with E-state index in [1.54, 1.807) is 20.3 Å². The number of ketones is 2. The third-order valence-electron chi connectivity index (χ3n) is 20.3. The molecule has 110 heavy (non-hydrogen) atoms. The number of nitrogens with one attached hydrogen (secondary N) is 1. The summed E-state index contributed by atoms with van der Waals surface area (Å²) in [7, 11) is 3.36. The fraction of sp³-hybridized carbons (Fsp3) is 0.627. The first kappa shape index (κ1) is 89.7. The number of nitrogens with two attached hydrogens (primary N) is 2. The average molecular weight is 1530 g/mol. The van der Waals surface area contributed by atoms with Crippen LogP contribution in [0.5, 0.6) is 0 Å². The minimum absolute atomic E-state index is 0.0178. The number of nitrogen functional groups attached to an aromatic ring is 2. The summed E-state index contributed by atoms with van der Waals surface area (Å²) >= 11 is 0. The molecule has 7 unspecified atom stereocenters. The third-order valence-corrected chi connectivity index (χ3v) is 20.3. The second-order valence-corrected chi connectivity index (χ2v) is 28.9. The Labute approximate surface area is 649 Å². The number of aliphatic hydroxyl groups is 1. The summed E-state index contributed by atoms with van der Waals surface area (Å²) in [6.07, 6.45) is 25.3. The number of oxazole rings is 1. The maximum absolute atomic E-state index is 13.2. The zero-order chi connectivity index (χ0) is 78.7. The first-order valence-electron chi connectivity index (χ1n) is 39.4. The predicted molar refractivity (Wildman–Crippen MR) is 421 cm³/mol. The number of fused-ring (bicyclic) bond motifs is 3. The third kappa shape index (κ3) is 32.7. The Kier molecular flexibility index (Phi) is 41.7. The highest BCUT2D eigenvalue weighted by Crippen LogP contribution is 2.34. The Balaban J connectivity index is 0.600. The van der Waals surface area contributed by atoms with Gasteiger partial charge in [0.2, 0.25) is 5.91 Å². The molecular formula is C83H123N9O18.